The molecule has 138 valence electrons. The molecule has 3 heterocycles. The van der Waals surface area contributed by atoms with Crippen molar-refractivity contribution in [1.82, 2.24) is 15.0 Å². The van der Waals surface area contributed by atoms with E-state index in [0.717, 1.165) is 30.2 Å². The van der Waals surface area contributed by atoms with E-state index in [1.54, 1.807) is 18.5 Å². The summed E-state index contributed by atoms with van der Waals surface area (Å²) in [4.78, 5) is 15.9. The summed E-state index contributed by atoms with van der Waals surface area (Å²) >= 11 is 13.5. The van der Waals surface area contributed by atoms with Crippen LogP contribution in [-0.4, -0.2) is 34.1 Å². The fourth-order valence-electron chi connectivity index (χ4n) is 3.72. The second-order valence-corrected chi connectivity index (χ2v) is 8.72. The van der Waals surface area contributed by atoms with Crippen LogP contribution in [-0.2, 0) is 0 Å². The number of pyridine rings is 1. The van der Waals surface area contributed by atoms with Crippen LogP contribution in [0.2, 0.25) is 10.2 Å². The second kappa shape index (κ2) is 7.03. The monoisotopic (exact) mass is 410 g/mol. The number of rotatable bonds is 3. The zero-order valence-electron chi connectivity index (χ0n) is 14.2. The zero-order valence-corrected chi connectivity index (χ0v) is 16.5. The molecule has 2 aromatic rings. The number of hydrogen-bond acceptors (Lipinski definition) is 7. The largest absolute Gasteiger partial charge is 0.381 e. The average Bonchev–Trinajstić information content (AvgIpc) is 2.59. The summed E-state index contributed by atoms with van der Waals surface area (Å²) in [7, 11) is 0. The van der Waals surface area contributed by atoms with Gasteiger partial charge in [-0.1, -0.05) is 41.4 Å². The highest BCUT2D eigenvalue weighted by molar-refractivity contribution is 7.99. The van der Waals surface area contributed by atoms with Crippen LogP contribution in [0.1, 0.15) is 25.7 Å². The molecule has 1 aliphatic carbocycles. The molecule has 2 aliphatic rings. The van der Waals surface area contributed by atoms with E-state index in [1.807, 2.05) is 0 Å². The SMILES string of the molecule is Nc1nc(N2CCC3(CCC3)C(N)C2)cnc1Sc1ccnc(Cl)c1Cl. The first kappa shape index (κ1) is 18.1. The summed E-state index contributed by atoms with van der Waals surface area (Å²) in [6, 6.07) is 1.95. The van der Waals surface area contributed by atoms with Crippen LogP contribution in [0.25, 0.3) is 0 Å². The molecular formula is C17H20Cl2N6S. The Balaban J connectivity index is 1.50. The van der Waals surface area contributed by atoms with Gasteiger partial charge in [0.05, 0.1) is 11.2 Å². The zero-order chi connectivity index (χ0) is 18.3. The van der Waals surface area contributed by atoms with Crippen LogP contribution in [0, 0.1) is 5.41 Å². The van der Waals surface area contributed by atoms with E-state index in [4.69, 9.17) is 34.7 Å². The van der Waals surface area contributed by atoms with Crippen molar-refractivity contribution >= 4 is 46.6 Å². The number of hydrogen-bond donors (Lipinski definition) is 2. The molecule has 1 saturated heterocycles. The van der Waals surface area contributed by atoms with E-state index >= 15 is 0 Å². The first-order valence-corrected chi connectivity index (χ1v) is 10.2. The fraction of sp³-hybridized carbons (Fsp3) is 0.471. The van der Waals surface area contributed by atoms with Gasteiger partial charge in [0.25, 0.3) is 0 Å². The van der Waals surface area contributed by atoms with Gasteiger partial charge in [-0.05, 0) is 30.7 Å². The maximum absolute atomic E-state index is 6.45. The molecule has 0 bridgehead atoms. The van der Waals surface area contributed by atoms with Crippen molar-refractivity contribution < 1.29 is 0 Å². The third kappa shape index (κ3) is 3.22. The smallest absolute Gasteiger partial charge is 0.158 e. The van der Waals surface area contributed by atoms with Crippen LogP contribution in [0.5, 0.6) is 0 Å². The van der Waals surface area contributed by atoms with Crippen molar-refractivity contribution in [2.75, 3.05) is 23.7 Å². The molecule has 4 N–H and O–H groups in total. The topological polar surface area (TPSA) is 94.0 Å². The normalized spacial score (nSPS) is 21.7. The lowest BCUT2D eigenvalue weighted by molar-refractivity contribution is 0.0702. The number of piperidine rings is 1. The number of anilines is 2. The van der Waals surface area contributed by atoms with Crippen LogP contribution < -0.4 is 16.4 Å². The highest BCUT2D eigenvalue weighted by atomic mass is 35.5. The summed E-state index contributed by atoms with van der Waals surface area (Å²) in [5, 5.41) is 1.24. The summed E-state index contributed by atoms with van der Waals surface area (Å²) in [6.07, 6.45) is 8.26. The molecule has 1 spiro atoms. The first-order valence-electron chi connectivity index (χ1n) is 8.59. The Morgan fingerprint density at radius 1 is 1.23 bits per heavy atom. The molecule has 0 aromatic carbocycles. The molecule has 1 aliphatic heterocycles. The van der Waals surface area contributed by atoms with Crippen molar-refractivity contribution in [2.24, 2.45) is 11.1 Å². The van der Waals surface area contributed by atoms with Crippen LogP contribution in [0.15, 0.2) is 28.4 Å². The third-order valence-electron chi connectivity index (χ3n) is 5.53. The first-order chi connectivity index (χ1) is 12.5. The summed E-state index contributed by atoms with van der Waals surface area (Å²) < 4.78 is 0. The van der Waals surface area contributed by atoms with Crippen molar-refractivity contribution in [3.8, 4) is 0 Å². The van der Waals surface area contributed by atoms with E-state index in [2.05, 4.69) is 19.9 Å². The van der Waals surface area contributed by atoms with Crippen molar-refractivity contribution in [3.63, 3.8) is 0 Å². The van der Waals surface area contributed by atoms with Gasteiger partial charge in [-0.3, -0.25) is 0 Å². The van der Waals surface area contributed by atoms with Gasteiger partial charge < -0.3 is 16.4 Å². The molecule has 9 heteroatoms. The lowest BCUT2D eigenvalue weighted by Crippen LogP contribution is -2.58. The van der Waals surface area contributed by atoms with E-state index in [9.17, 15) is 0 Å². The maximum Gasteiger partial charge on any atom is 0.158 e. The number of halogens is 2. The molecule has 2 aromatic heterocycles. The van der Waals surface area contributed by atoms with Crippen LogP contribution in [0.3, 0.4) is 0 Å². The minimum atomic E-state index is 0.180. The fourth-order valence-corrected chi connectivity index (χ4v) is 4.94. The van der Waals surface area contributed by atoms with Gasteiger partial charge in [0.2, 0.25) is 0 Å². The van der Waals surface area contributed by atoms with Crippen molar-refractivity contribution in [1.29, 1.82) is 0 Å². The molecule has 1 unspecified atom stereocenters. The Bertz CT molecular complexity index is 829. The van der Waals surface area contributed by atoms with Gasteiger partial charge in [-0.25, -0.2) is 15.0 Å². The maximum atomic E-state index is 6.45. The highest BCUT2D eigenvalue weighted by Crippen LogP contribution is 2.48. The highest BCUT2D eigenvalue weighted by Gasteiger charge is 2.45. The number of nitrogens with two attached hydrogens (primary N) is 2. The van der Waals surface area contributed by atoms with Crippen LogP contribution in [0.4, 0.5) is 11.6 Å². The van der Waals surface area contributed by atoms with Gasteiger partial charge in [-0.15, -0.1) is 0 Å². The third-order valence-corrected chi connectivity index (χ3v) is 7.47. The molecule has 0 radical (unpaired) electrons. The lowest BCUT2D eigenvalue weighted by atomic mass is 9.61. The standard InChI is InChI=1S/C17H20Cl2N6S/c18-13-10(2-6-22-14(13)19)26-16-15(21)24-12(8-23-16)25-7-5-17(3-1-4-17)11(20)9-25/h2,6,8,11H,1,3-5,7,9,20H2,(H2,21,24). The Labute approximate surface area is 166 Å². The Morgan fingerprint density at radius 2 is 2.04 bits per heavy atom. The molecule has 26 heavy (non-hydrogen) atoms. The number of nitrogens with zero attached hydrogens (tertiary/aromatic N) is 4. The Morgan fingerprint density at radius 3 is 2.69 bits per heavy atom. The number of nitrogen functional groups attached to an aromatic ring is 1. The lowest BCUT2D eigenvalue weighted by Gasteiger charge is -2.52. The van der Waals surface area contributed by atoms with E-state index in [1.165, 1.54) is 31.0 Å². The van der Waals surface area contributed by atoms with Gasteiger partial charge in [-0.2, -0.15) is 0 Å². The predicted molar refractivity (Wildman–Crippen MR) is 106 cm³/mol. The Kier molecular flexibility index (Phi) is 4.90. The molecular weight excluding hydrogens is 391 g/mol. The Hall–Kier alpha value is -1.28. The van der Waals surface area contributed by atoms with E-state index < -0.39 is 0 Å². The minimum Gasteiger partial charge on any atom is -0.381 e. The molecule has 6 nitrogen and oxygen atoms in total. The molecule has 4 rings (SSSR count). The average molecular weight is 411 g/mol. The van der Waals surface area contributed by atoms with Gasteiger partial charge in [0.15, 0.2) is 5.82 Å². The van der Waals surface area contributed by atoms with Gasteiger partial charge in [0.1, 0.15) is 16.0 Å². The van der Waals surface area contributed by atoms with Crippen molar-refractivity contribution in [2.45, 2.75) is 41.6 Å². The summed E-state index contributed by atoms with van der Waals surface area (Å²) in [6.45, 7) is 1.74. The molecule has 1 atom stereocenters. The molecule has 1 saturated carbocycles. The minimum absolute atomic E-state index is 0.180. The van der Waals surface area contributed by atoms with E-state index in [-0.39, 0.29) is 11.2 Å². The molecule has 2 fully saturated rings. The van der Waals surface area contributed by atoms with Gasteiger partial charge >= 0.3 is 0 Å². The van der Waals surface area contributed by atoms with E-state index in [0.29, 0.717) is 21.3 Å². The quantitative estimate of drug-likeness (QED) is 0.745. The number of aromatic nitrogens is 3. The van der Waals surface area contributed by atoms with Gasteiger partial charge in [0, 0.05) is 30.2 Å². The predicted octanol–water partition coefficient (Wildman–Crippen LogP) is 3.62. The molecule has 0 amide bonds. The summed E-state index contributed by atoms with van der Waals surface area (Å²) in [5.41, 5.74) is 12.9. The van der Waals surface area contributed by atoms with Crippen molar-refractivity contribution in [3.05, 3.63) is 28.6 Å². The summed E-state index contributed by atoms with van der Waals surface area (Å²) in [5.74, 6) is 1.14. The second-order valence-electron chi connectivity index (χ2n) is 6.95. The van der Waals surface area contributed by atoms with Crippen LogP contribution >= 0.6 is 35.0 Å².